The number of aryl methyl sites for hydroxylation is 1. The molecule has 3 rings (SSSR count). The number of halogens is 2. The highest BCUT2D eigenvalue weighted by Gasteiger charge is 2.07. The van der Waals surface area contributed by atoms with Gasteiger partial charge in [-0.2, -0.15) is 0 Å². The summed E-state index contributed by atoms with van der Waals surface area (Å²) in [7, 11) is 1.50. The Balaban J connectivity index is 0.00000109. The first-order chi connectivity index (χ1) is 12.1. The summed E-state index contributed by atoms with van der Waals surface area (Å²) in [5.41, 5.74) is 8.04. The molecule has 1 aromatic heterocycles. The van der Waals surface area contributed by atoms with E-state index in [-0.39, 0.29) is 5.82 Å². The average molecular weight is 404 g/mol. The van der Waals surface area contributed by atoms with Crippen LogP contribution >= 0.6 is 15.9 Å². The minimum Gasteiger partial charge on any atom is -0.380 e. The number of fused-ring (bicyclic) bond motifs is 1. The van der Waals surface area contributed by atoms with Crippen molar-refractivity contribution in [1.29, 1.82) is 0 Å². The van der Waals surface area contributed by atoms with Crippen LogP contribution in [0.1, 0.15) is 21.6 Å². The average Bonchev–Trinajstić information content (AvgIpc) is 2.63. The van der Waals surface area contributed by atoms with Gasteiger partial charge in [-0.25, -0.2) is 4.39 Å². The van der Waals surface area contributed by atoms with E-state index in [1.165, 1.54) is 19.2 Å². The molecule has 0 amide bonds. The quantitative estimate of drug-likeness (QED) is 0.631. The number of aldehydes is 1. The Kier molecular flexibility index (Phi) is 6.61. The van der Waals surface area contributed by atoms with Gasteiger partial charge < -0.3 is 11.1 Å². The lowest BCUT2D eigenvalue weighted by molar-refractivity contribution is 0.112. The SMILES string of the molecule is CN.Cc1cc(NCc2cc(C=O)ccc2F)c2cc(Br)ccc2n1. The number of rotatable bonds is 4. The molecule has 0 aliphatic carbocycles. The fourth-order valence-electron chi connectivity index (χ4n) is 2.47. The van der Waals surface area contributed by atoms with Crippen LogP contribution in [0.3, 0.4) is 0 Å². The topological polar surface area (TPSA) is 68.0 Å². The summed E-state index contributed by atoms with van der Waals surface area (Å²) >= 11 is 3.46. The van der Waals surface area contributed by atoms with Gasteiger partial charge in [0, 0.05) is 38.9 Å². The van der Waals surface area contributed by atoms with E-state index in [1.807, 2.05) is 31.2 Å². The predicted molar refractivity (Wildman–Crippen MR) is 103 cm³/mol. The van der Waals surface area contributed by atoms with Crippen molar-refractivity contribution in [2.45, 2.75) is 13.5 Å². The Bertz CT molecular complexity index is 899. The summed E-state index contributed by atoms with van der Waals surface area (Å²) in [6.07, 6.45) is 0.714. The van der Waals surface area contributed by atoms with Crippen molar-refractivity contribution in [2.24, 2.45) is 5.73 Å². The van der Waals surface area contributed by atoms with Gasteiger partial charge in [-0.3, -0.25) is 9.78 Å². The maximum absolute atomic E-state index is 13.9. The fraction of sp³-hybridized carbons (Fsp3) is 0.158. The van der Waals surface area contributed by atoms with E-state index in [4.69, 9.17) is 0 Å². The van der Waals surface area contributed by atoms with Crippen molar-refractivity contribution in [1.82, 2.24) is 4.98 Å². The molecule has 0 aliphatic rings. The molecule has 0 atom stereocenters. The number of carbonyl (C=O) groups is 1. The first kappa shape index (κ1) is 19.0. The smallest absolute Gasteiger partial charge is 0.150 e. The zero-order valence-corrected chi connectivity index (χ0v) is 15.6. The summed E-state index contributed by atoms with van der Waals surface area (Å²) in [6, 6.07) is 12.1. The van der Waals surface area contributed by atoms with Crippen molar-refractivity contribution in [2.75, 3.05) is 12.4 Å². The van der Waals surface area contributed by atoms with Crippen LogP contribution in [-0.4, -0.2) is 18.3 Å². The third-order valence-electron chi connectivity index (χ3n) is 3.57. The minimum absolute atomic E-state index is 0.290. The molecule has 2 aromatic carbocycles. The molecule has 6 heteroatoms. The maximum Gasteiger partial charge on any atom is 0.150 e. The molecule has 0 spiro atoms. The van der Waals surface area contributed by atoms with Crippen molar-refractivity contribution in [3.8, 4) is 0 Å². The van der Waals surface area contributed by atoms with E-state index in [0.29, 0.717) is 24.0 Å². The van der Waals surface area contributed by atoms with Gasteiger partial charge in [0.15, 0.2) is 0 Å². The van der Waals surface area contributed by atoms with Crippen LogP contribution in [-0.2, 0) is 6.54 Å². The highest BCUT2D eigenvalue weighted by atomic mass is 79.9. The number of pyridine rings is 1. The van der Waals surface area contributed by atoms with Gasteiger partial charge in [-0.15, -0.1) is 0 Å². The Morgan fingerprint density at radius 3 is 2.68 bits per heavy atom. The number of hydrogen-bond acceptors (Lipinski definition) is 4. The van der Waals surface area contributed by atoms with Crippen LogP contribution < -0.4 is 11.1 Å². The molecule has 3 aromatic rings. The molecule has 1 heterocycles. The lowest BCUT2D eigenvalue weighted by Crippen LogP contribution is -2.04. The monoisotopic (exact) mass is 403 g/mol. The van der Waals surface area contributed by atoms with Gasteiger partial charge in [0.1, 0.15) is 12.1 Å². The highest BCUT2D eigenvalue weighted by molar-refractivity contribution is 9.10. The summed E-state index contributed by atoms with van der Waals surface area (Å²) in [5, 5.41) is 4.20. The third kappa shape index (κ3) is 4.61. The molecule has 0 unspecified atom stereocenters. The summed E-state index contributed by atoms with van der Waals surface area (Å²) in [5.74, 6) is -0.334. The molecule has 0 fully saturated rings. The Hall–Kier alpha value is -2.31. The normalized spacial score (nSPS) is 10.1. The largest absolute Gasteiger partial charge is 0.380 e. The van der Waals surface area contributed by atoms with Crippen molar-refractivity contribution >= 4 is 38.8 Å². The van der Waals surface area contributed by atoms with Crippen LogP contribution in [0.15, 0.2) is 46.9 Å². The van der Waals surface area contributed by atoms with Crippen LogP contribution in [0.5, 0.6) is 0 Å². The van der Waals surface area contributed by atoms with E-state index in [1.54, 1.807) is 6.07 Å². The third-order valence-corrected chi connectivity index (χ3v) is 4.07. The lowest BCUT2D eigenvalue weighted by atomic mass is 10.1. The highest BCUT2D eigenvalue weighted by Crippen LogP contribution is 2.27. The Labute approximate surface area is 154 Å². The number of aromatic nitrogens is 1. The zero-order chi connectivity index (χ0) is 18.4. The van der Waals surface area contributed by atoms with E-state index in [2.05, 4.69) is 32.0 Å². The molecule has 0 saturated carbocycles. The molecular formula is C19H19BrFN3O. The van der Waals surface area contributed by atoms with Gasteiger partial charge in [0.05, 0.1) is 5.52 Å². The maximum atomic E-state index is 13.9. The first-order valence-electron chi connectivity index (χ1n) is 7.69. The lowest BCUT2D eigenvalue weighted by Gasteiger charge is -2.12. The van der Waals surface area contributed by atoms with E-state index in [0.717, 1.165) is 26.8 Å². The molecule has 0 aliphatic heterocycles. The molecule has 0 saturated heterocycles. The van der Waals surface area contributed by atoms with E-state index in [9.17, 15) is 9.18 Å². The van der Waals surface area contributed by atoms with Crippen LogP contribution in [0.4, 0.5) is 10.1 Å². The van der Waals surface area contributed by atoms with Gasteiger partial charge in [0.25, 0.3) is 0 Å². The molecule has 25 heavy (non-hydrogen) atoms. The van der Waals surface area contributed by atoms with E-state index >= 15 is 0 Å². The number of hydrogen-bond donors (Lipinski definition) is 2. The Morgan fingerprint density at radius 2 is 1.96 bits per heavy atom. The molecular weight excluding hydrogens is 385 g/mol. The van der Waals surface area contributed by atoms with Gasteiger partial charge in [-0.1, -0.05) is 15.9 Å². The standard InChI is InChI=1S/C18H14BrFN2O.CH5N/c1-11-6-18(15-8-14(19)3-5-17(15)22-11)21-9-13-7-12(10-23)2-4-16(13)20;1-2/h2-8,10H,9H2,1H3,(H,21,22);2H2,1H3. The van der Waals surface area contributed by atoms with Crippen LogP contribution in [0.2, 0.25) is 0 Å². The van der Waals surface area contributed by atoms with Gasteiger partial charge in [-0.05, 0) is 56.4 Å². The minimum atomic E-state index is -0.334. The summed E-state index contributed by atoms with van der Waals surface area (Å²) in [6.45, 7) is 2.21. The number of nitrogens with zero attached hydrogens (tertiary/aromatic N) is 1. The second kappa shape index (κ2) is 8.69. The molecule has 4 nitrogen and oxygen atoms in total. The van der Waals surface area contributed by atoms with Crippen molar-refractivity contribution in [3.63, 3.8) is 0 Å². The number of benzene rings is 2. The second-order valence-corrected chi connectivity index (χ2v) is 6.21. The second-order valence-electron chi connectivity index (χ2n) is 5.29. The predicted octanol–water partition coefficient (Wildman–Crippen LogP) is 4.44. The fourth-order valence-corrected chi connectivity index (χ4v) is 2.83. The van der Waals surface area contributed by atoms with E-state index < -0.39 is 0 Å². The number of nitrogens with one attached hydrogen (secondary N) is 1. The van der Waals surface area contributed by atoms with Gasteiger partial charge >= 0.3 is 0 Å². The van der Waals surface area contributed by atoms with Crippen LogP contribution in [0, 0.1) is 12.7 Å². The van der Waals surface area contributed by atoms with Gasteiger partial charge in [0.2, 0.25) is 0 Å². The summed E-state index contributed by atoms with van der Waals surface area (Å²) in [4.78, 5) is 15.3. The molecule has 0 bridgehead atoms. The first-order valence-corrected chi connectivity index (χ1v) is 8.48. The number of anilines is 1. The Morgan fingerprint density at radius 1 is 1.20 bits per heavy atom. The number of carbonyl (C=O) groups excluding carboxylic acids is 1. The van der Waals surface area contributed by atoms with Crippen molar-refractivity contribution in [3.05, 3.63) is 69.6 Å². The molecule has 3 N–H and O–H groups in total. The van der Waals surface area contributed by atoms with Crippen LogP contribution in [0.25, 0.3) is 10.9 Å². The number of nitrogens with two attached hydrogens (primary N) is 1. The van der Waals surface area contributed by atoms with Crippen molar-refractivity contribution < 1.29 is 9.18 Å². The summed E-state index contributed by atoms with van der Waals surface area (Å²) < 4.78 is 14.8. The molecule has 0 radical (unpaired) electrons. The zero-order valence-electron chi connectivity index (χ0n) is 14.0. The molecule has 130 valence electrons.